The van der Waals surface area contributed by atoms with Crippen molar-refractivity contribution < 1.29 is 27.5 Å². The maximum atomic E-state index is 13.1. The van der Waals surface area contributed by atoms with Crippen molar-refractivity contribution in [3.8, 4) is 0 Å². The molecule has 3 aromatic carbocycles. The van der Waals surface area contributed by atoms with Crippen LogP contribution in [0.2, 0.25) is 0 Å². The molecule has 0 bridgehead atoms. The van der Waals surface area contributed by atoms with Gasteiger partial charge in [-0.15, -0.1) is 0 Å². The lowest BCUT2D eigenvalue weighted by Gasteiger charge is -2.17. The van der Waals surface area contributed by atoms with Crippen molar-refractivity contribution in [2.75, 3.05) is 6.61 Å². The second kappa shape index (κ2) is 11.6. The fraction of sp³-hybridized carbons (Fsp3) is 0.214. The van der Waals surface area contributed by atoms with Crippen molar-refractivity contribution in [1.29, 1.82) is 0 Å². The molecule has 192 valence electrons. The van der Waals surface area contributed by atoms with Crippen LogP contribution in [0, 0.1) is 5.92 Å². The molecule has 0 aliphatic heterocycles. The van der Waals surface area contributed by atoms with Crippen LogP contribution in [0.25, 0.3) is 10.9 Å². The van der Waals surface area contributed by atoms with E-state index in [-0.39, 0.29) is 25.6 Å². The minimum absolute atomic E-state index is 0.0432. The number of carbonyl (C=O) groups is 2. The Bertz CT molecular complexity index is 1340. The number of H-pyrrole nitrogens is 1. The van der Waals surface area contributed by atoms with E-state index in [0.29, 0.717) is 12.0 Å². The number of para-hydroxylation sites is 1. The van der Waals surface area contributed by atoms with E-state index in [9.17, 15) is 22.8 Å². The Balaban J connectivity index is 1.40. The van der Waals surface area contributed by atoms with Crippen molar-refractivity contribution in [3.05, 3.63) is 107 Å². The molecule has 0 aliphatic carbocycles. The van der Waals surface area contributed by atoms with Gasteiger partial charge in [0.25, 0.3) is 0 Å². The van der Waals surface area contributed by atoms with Crippen LogP contribution in [0.1, 0.15) is 22.3 Å². The number of halogens is 3. The number of rotatable bonds is 9. The number of hydrogen-bond acceptors (Lipinski definition) is 3. The summed E-state index contributed by atoms with van der Waals surface area (Å²) in [7, 11) is 0. The number of aromatic amines is 1. The number of aromatic nitrogens is 1. The first-order chi connectivity index (χ1) is 17.8. The van der Waals surface area contributed by atoms with Gasteiger partial charge in [-0.1, -0.05) is 60.7 Å². The molecule has 0 saturated heterocycles. The van der Waals surface area contributed by atoms with E-state index in [1.54, 1.807) is 0 Å². The SMILES string of the molecule is O=C(NCc1ccccc1)OC[C@H](Cc1c[nH]c2ccccc12)C(=O)NCc1ccc(C(F)(F)F)cc1. The average molecular weight is 510 g/mol. The summed E-state index contributed by atoms with van der Waals surface area (Å²) in [5.74, 6) is -1.09. The summed E-state index contributed by atoms with van der Waals surface area (Å²) in [6.45, 7) is 0.160. The van der Waals surface area contributed by atoms with E-state index in [1.165, 1.54) is 12.1 Å². The predicted molar refractivity (Wildman–Crippen MR) is 133 cm³/mol. The molecular weight excluding hydrogens is 483 g/mol. The first-order valence-corrected chi connectivity index (χ1v) is 11.7. The second-order valence-corrected chi connectivity index (χ2v) is 8.61. The molecule has 0 radical (unpaired) electrons. The lowest BCUT2D eigenvalue weighted by atomic mass is 9.98. The predicted octanol–water partition coefficient (Wildman–Crippen LogP) is 5.59. The second-order valence-electron chi connectivity index (χ2n) is 8.61. The Morgan fingerprint density at radius 3 is 2.22 bits per heavy atom. The van der Waals surface area contributed by atoms with Crippen molar-refractivity contribution in [3.63, 3.8) is 0 Å². The van der Waals surface area contributed by atoms with Gasteiger partial charge < -0.3 is 20.4 Å². The highest BCUT2D eigenvalue weighted by atomic mass is 19.4. The zero-order valence-electron chi connectivity index (χ0n) is 19.8. The molecule has 0 unspecified atom stereocenters. The molecule has 4 aromatic rings. The summed E-state index contributed by atoms with van der Waals surface area (Å²) >= 11 is 0. The van der Waals surface area contributed by atoms with Crippen LogP contribution < -0.4 is 10.6 Å². The number of ether oxygens (including phenoxy) is 1. The highest BCUT2D eigenvalue weighted by molar-refractivity contribution is 5.85. The van der Waals surface area contributed by atoms with E-state index in [0.717, 1.165) is 34.2 Å². The van der Waals surface area contributed by atoms with Crippen LogP contribution >= 0.6 is 0 Å². The molecule has 1 aromatic heterocycles. The van der Waals surface area contributed by atoms with Gasteiger partial charge in [0.1, 0.15) is 6.61 Å². The van der Waals surface area contributed by atoms with Crippen LogP contribution in [-0.2, 0) is 35.2 Å². The summed E-state index contributed by atoms with van der Waals surface area (Å²) in [5.41, 5.74) is 2.48. The van der Waals surface area contributed by atoms with Crippen LogP contribution in [-0.4, -0.2) is 23.6 Å². The minimum atomic E-state index is -4.43. The average Bonchev–Trinajstić information content (AvgIpc) is 3.31. The topological polar surface area (TPSA) is 83.2 Å². The Morgan fingerprint density at radius 1 is 0.838 bits per heavy atom. The van der Waals surface area contributed by atoms with Gasteiger partial charge in [0.05, 0.1) is 11.5 Å². The summed E-state index contributed by atoms with van der Waals surface area (Å²) < 4.78 is 43.8. The molecule has 0 saturated carbocycles. The van der Waals surface area contributed by atoms with Crippen molar-refractivity contribution >= 4 is 22.9 Å². The van der Waals surface area contributed by atoms with Gasteiger partial charge in [0.2, 0.25) is 5.91 Å². The molecule has 1 heterocycles. The zero-order valence-corrected chi connectivity index (χ0v) is 19.8. The Labute approximate surface area is 211 Å². The number of nitrogens with one attached hydrogen (secondary N) is 3. The molecule has 0 fully saturated rings. The molecule has 4 rings (SSSR count). The number of fused-ring (bicyclic) bond motifs is 1. The van der Waals surface area contributed by atoms with E-state index in [4.69, 9.17) is 4.74 Å². The van der Waals surface area contributed by atoms with Gasteiger partial charge in [-0.2, -0.15) is 13.2 Å². The maximum absolute atomic E-state index is 13.1. The number of carbonyl (C=O) groups excluding carboxylic acids is 2. The number of hydrogen-bond donors (Lipinski definition) is 3. The number of benzene rings is 3. The van der Waals surface area contributed by atoms with Gasteiger partial charge in [-0.05, 0) is 41.3 Å². The Hall–Kier alpha value is -4.27. The molecule has 2 amide bonds. The molecule has 0 spiro atoms. The monoisotopic (exact) mass is 509 g/mol. The largest absolute Gasteiger partial charge is 0.449 e. The number of alkyl halides is 3. The van der Waals surface area contributed by atoms with Crippen LogP contribution in [0.3, 0.4) is 0 Å². The fourth-order valence-corrected chi connectivity index (χ4v) is 3.94. The normalized spacial score (nSPS) is 12.2. The first-order valence-electron chi connectivity index (χ1n) is 11.7. The van der Waals surface area contributed by atoms with E-state index >= 15 is 0 Å². The molecule has 1 atom stereocenters. The van der Waals surface area contributed by atoms with Gasteiger partial charge >= 0.3 is 12.3 Å². The third kappa shape index (κ3) is 7.13. The van der Waals surface area contributed by atoms with Gasteiger partial charge in [0.15, 0.2) is 0 Å². The van der Waals surface area contributed by atoms with Crippen molar-refractivity contribution in [1.82, 2.24) is 15.6 Å². The lowest BCUT2D eigenvalue weighted by Crippen LogP contribution is -2.36. The standard InChI is InChI=1S/C28H26F3N3O3/c29-28(30,31)23-12-10-20(11-13-23)15-33-26(35)22(14-21-17-32-25-9-5-4-8-24(21)25)18-37-27(36)34-16-19-6-2-1-3-7-19/h1-13,17,22,32H,14-16,18H2,(H,33,35)(H,34,36)/t22-/m0/s1. The third-order valence-corrected chi connectivity index (χ3v) is 5.96. The smallest absolute Gasteiger partial charge is 0.416 e. The summed E-state index contributed by atoms with van der Waals surface area (Å²) in [6, 6.07) is 21.6. The van der Waals surface area contributed by atoms with Gasteiger partial charge in [0, 0.05) is 30.2 Å². The van der Waals surface area contributed by atoms with E-state index in [1.807, 2.05) is 60.8 Å². The highest BCUT2D eigenvalue weighted by Crippen LogP contribution is 2.29. The van der Waals surface area contributed by atoms with Crippen LogP contribution in [0.5, 0.6) is 0 Å². The molecule has 3 N–H and O–H groups in total. The lowest BCUT2D eigenvalue weighted by molar-refractivity contribution is -0.137. The number of alkyl carbamates (subject to hydrolysis) is 1. The van der Waals surface area contributed by atoms with E-state index in [2.05, 4.69) is 15.6 Å². The maximum Gasteiger partial charge on any atom is 0.416 e. The quantitative estimate of drug-likeness (QED) is 0.275. The summed E-state index contributed by atoms with van der Waals surface area (Å²) in [5, 5.41) is 6.38. The first kappa shape index (κ1) is 25.8. The van der Waals surface area contributed by atoms with Crippen LogP contribution in [0.4, 0.5) is 18.0 Å². The minimum Gasteiger partial charge on any atom is -0.449 e. The Kier molecular flexibility index (Phi) is 8.12. The summed E-state index contributed by atoms with van der Waals surface area (Å²) in [4.78, 5) is 28.5. The number of amides is 2. The summed E-state index contributed by atoms with van der Waals surface area (Å²) in [6.07, 6.45) is -2.96. The van der Waals surface area contributed by atoms with Crippen LogP contribution in [0.15, 0.2) is 85.1 Å². The third-order valence-electron chi connectivity index (χ3n) is 5.96. The molecular formula is C28H26F3N3O3. The fourth-order valence-electron chi connectivity index (χ4n) is 3.94. The molecule has 9 heteroatoms. The molecule has 37 heavy (non-hydrogen) atoms. The van der Waals surface area contributed by atoms with Gasteiger partial charge in [-0.3, -0.25) is 4.79 Å². The van der Waals surface area contributed by atoms with Crippen molar-refractivity contribution in [2.45, 2.75) is 25.7 Å². The van der Waals surface area contributed by atoms with Crippen molar-refractivity contribution in [2.24, 2.45) is 5.92 Å². The van der Waals surface area contributed by atoms with E-state index < -0.39 is 23.8 Å². The van der Waals surface area contributed by atoms with Gasteiger partial charge in [-0.25, -0.2) is 4.79 Å². The highest BCUT2D eigenvalue weighted by Gasteiger charge is 2.30. The molecule has 0 aliphatic rings. The zero-order chi connectivity index (χ0) is 26.3. The molecule has 6 nitrogen and oxygen atoms in total. The Morgan fingerprint density at radius 2 is 1.49 bits per heavy atom.